The lowest BCUT2D eigenvalue weighted by Gasteiger charge is -2.26. The number of likely N-dealkylation sites (tertiary alicyclic amines) is 1. The summed E-state index contributed by atoms with van der Waals surface area (Å²) in [4.78, 5) is 12.9. The normalized spacial score (nSPS) is 21.9. The number of carbonyl (C=O) groups excluding carboxylic acids is 1. The molecule has 7 heteroatoms. The van der Waals surface area contributed by atoms with E-state index in [9.17, 15) is 23.1 Å². The van der Waals surface area contributed by atoms with Crippen molar-refractivity contribution in [3.63, 3.8) is 0 Å². The third kappa shape index (κ3) is 3.16. The molecule has 1 aliphatic carbocycles. The van der Waals surface area contributed by atoms with Gasteiger partial charge in [-0.25, -0.2) is 4.79 Å². The van der Waals surface area contributed by atoms with Crippen molar-refractivity contribution in [1.29, 1.82) is 0 Å². The number of amides is 1. The number of aliphatic hydroxyl groups excluding tert-OH is 1. The molecule has 1 heterocycles. The maximum Gasteiger partial charge on any atom is 0.410 e. The molecule has 0 aromatic heterocycles. The van der Waals surface area contributed by atoms with Gasteiger partial charge in [0, 0.05) is 12.3 Å². The number of hydrogen-bond acceptors (Lipinski definition) is 3. The number of β-amino-alcohol motifs (C(OH)–C–C–N with tert-alkyl or cyclic N) is 1. The highest BCUT2D eigenvalue weighted by atomic mass is 19.4. The second-order valence-electron chi connectivity index (χ2n) is 6.90. The van der Waals surface area contributed by atoms with Gasteiger partial charge in [0.1, 0.15) is 12.6 Å². The van der Waals surface area contributed by atoms with Crippen LogP contribution in [0.3, 0.4) is 0 Å². The summed E-state index contributed by atoms with van der Waals surface area (Å²) in [7, 11) is 0. The number of ether oxygens (including phenoxy) is 1. The van der Waals surface area contributed by atoms with E-state index in [1.165, 1.54) is 0 Å². The number of rotatable bonds is 2. The van der Waals surface area contributed by atoms with E-state index in [1.54, 1.807) is 0 Å². The van der Waals surface area contributed by atoms with Crippen molar-refractivity contribution in [2.45, 2.75) is 30.7 Å². The quantitative estimate of drug-likeness (QED) is 0.863. The van der Waals surface area contributed by atoms with E-state index in [-0.39, 0.29) is 19.1 Å². The Hall–Kier alpha value is -2.54. The summed E-state index contributed by atoms with van der Waals surface area (Å²) >= 11 is 0. The second kappa shape index (κ2) is 6.56. The summed E-state index contributed by atoms with van der Waals surface area (Å²) in [6, 6.07) is 13.4. The number of halogens is 3. The summed E-state index contributed by atoms with van der Waals surface area (Å²) in [5.74, 6) is -0.224. The highest BCUT2D eigenvalue weighted by Crippen LogP contribution is 2.44. The lowest BCUT2D eigenvalue weighted by Crippen LogP contribution is -2.45. The molecule has 142 valence electrons. The van der Waals surface area contributed by atoms with E-state index in [2.05, 4.69) is 0 Å². The highest BCUT2D eigenvalue weighted by Gasteiger charge is 2.51. The van der Waals surface area contributed by atoms with Crippen LogP contribution in [-0.2, 0) is 4.74 Å². The molecule has 2 atom stereocenters. The van der Waals surface area contributed by atoms with Gasteiger partial charge < -0.3 is 9.84 Å². The van der Waals surface area contributed by atoms with Gasteiger partial charge in [-0.3, -0.25) is 4.90 Å². The number of benzene rings is 2. The Balaban J connectivity index is 1.53. The fraction of sp³-hybridized carbons (Fsp3) is 0.350. The van der Waals surface area contributed by atoms with Crippen LogP contribution in [0, 0.1) is 0 Å². The fourth-order valence-electron chi connectivity index (χ4n) is 4.00. The Morgan fingerprint density at radius 2 is 1.63 bits per heavy atom. The lowest BCUT2D eigenvalue weighted by atomic mass is 9.98. The molecule has 0 radical (unpaired) electrons. The predicted molar refractivity (Wildman–Crippen MR) is 92.2 cm³/mol. The van der Waals surface area contributed by atoms with E-state index < -0.39 is 30.8 Å². The Labute approximate surface area is 154 Å². The Morgan fingerprint density at radius 3 is 2.19 bits per heavy atom. The average molecular weight is 377 g/mol. The minimum atomic E-state index is -4.59. The van der Waals surface area contributed by atoms with E-state index in [4.69, 9.17) is 4.74 Å². The largest absolute Gasteiger partial charge is 0.448 e. The lowest BCUT2D eigenvalue weighted by molar-refractivity contribution is -0.172. The summed E-state index contributed by atoms with van der Waals surface area (Å²) < 4.78 is 44.6. The monoisotopic (exact) mass is 377 g/mol. The van der Waals surface area contributed by atoms with Gasteiger partial charge in [0.2, 0.25) is 0 Å². The SMILES string of the molecule is O=C(OCC1c2ccccc2-c2ccccc21)N1CC(O)CC1C(F)(F)F. The van der Waals surface area contributed by atoms with Crippen LogP contribution in [0.25, 0.3) is 11.1 Å². The Bertz CT molecular complexity index is 822. The molecule has 1 saturated heterocycles. The van der Waals surface area contributed by atoms with Gasteiger partial charge in [-0.15, -0.1) is 0 Å². The van der Waals surface area contributed by atoms with Gasteiger partial charge in [0.15, 0.2) is 0 Å². The minimum absolute atomic E-state index is 0.0516. The van der Waals surface area contributed by atoms with Crippen molar-refractivity contribution in [2.24, 2.45) is 0 Å². The van der Waals surface area contributed by atoms with Gasteiger partial charge in [-0.05, 0) is 22.3 Å². The van der Waals surface area contributed by atoms with Crippen molar-refractivity contribution in [1.82, 2.24) is 4.90 Å². The molecule has 2 aliphatic rings. The van der Waals surface area contributed by atoms with Crippen LogP contribution in [0.15, 0.2) is 48.5 Å². The molecule has 1 amide bonds. The molecule has 1 N–H and O–H groups in total. The average Bonchev–Trinajstić information content (AvgIpc) is 3.18. The van der Waals surface area contributed by atoms with E-state index in [0.29, 0.717) is 4.90 Å². The Kier molecular flexibility index (Phi) is 4.34. The zero-order chi connectivity index (χ0) is 19.2. The van der Waals surface area contributed by atoms with E-state index >= 15 is 0 Å². The van der Waals surface area contributed by atoms with Crippen LogP contribution in [0.2, 0.25) is 0 Å². The van der Waals surface area contributed by atoms with Gasteiger partial charge in [-0.2, -0.15) is 13.2 Å². The molecule has 2 unspecified atom stereocenters. The van der Waals surface area contributed by atoms with Crippen molar-refractivity contribution >= 4 is 6.09 Å². The van der Waals surface area contributed by atoms with Crippen LogP contribution in [0.4, 0.5) is 18.0 Å². The first kappa shape index (κ1) is 17.9. The smallest absolute Gasteiger partial charge is 0.410 e. The summed E-state index contributed by atoms with van der Waals surface area (Å²) in [5, 5.41) is 9.57. The highest BCUT2D eigenvalue weighted by molar-refractivity contribution is 5.79. The summed E-state index contributed by atoms with van der Waals surface area (Å²) in [6.45, 7) is -0.426. The van der Waals surface area contributed by atoms with Crippen LogP contribution in [-0.4, -0.2) is 47.6 Å². The standard InChI is InChI=1S/C20H18F3NO3/c21-20(22,23)18-9-12(25)10-24(18)19(26)27-11-17-15-7-3-1-5-13(15)14-6-2-4-8-16(14)17/h1-8,12,17-18,25H,9-11H2. The number of aliphatic hydroxyl groups is 1. The number of hydrogen-bond donors (Lipinski definition) is 1. The first-order valence-electron chi connectivity index (χ1n) is 8.72. The molecule has 1 fully saturated rings. The predicted octanol–water partition coefficient (Wildman–Crippen LogP) is 3.93. The zero-order valence-electron chi connectivity index (χ0n) is 14.3. The molecule has 0 spiro atoms. The summed E-state index contributed by atoms with van der Waals surface area (Å²) in [5.41, 5.74) is 4.05. The van der Waals surface area contributed by atoms with E-state index in [0.717, 1.165) is 22.3 Å². The summed E-state index contributed by atoms with van der Waals surface area (Å²) in [6.07, 6.45) is -7.36. The van der Waals surface area contributed by atoms with Crippen LogP contribution >= 0.6 is 0 Å². The van der Waals surface area contributed by atoms with Gasteiger partial charge in [0.25, 0.3) is 0 Å². The maximum atomic E-state index is 13.1. The molecule has 27 heavy (non-hydrogen) atoms. The zero-order valence-corrected chi connectivity index (χ0v) is 14.3. The van der Waals surface area contributed by atoms with Gasteiger partial charge in [-0.1, -0.05) is 48.5 Å². The third-order valence-electron chi connectivity index (χ3n) is 5.23. The molecule has 1 aliphatic heterocycles. The molecular formula is C20H18F3NO3. The first-order valence-corrected chi connectivity index (χ1v) is 8.72. The molecule has 4 rings (SSSR count). The second-order valence-corrected chi connectivity index (χ2v) is 6.90. The Morgan fingerprint density at radius 1 is 1.07 bits per heavy atom. The first-order chi connectivity index (χ1) is 12.9. The van der Waals surface area contributed by atoms with Crippen molar-refractivity contribution in [2.75, 3.05) is 13.2 Å². The molecule has 2 aromatic carbocycles. The number of alkyl halides is 3. The number of fused-ring (bicyclic) bond motifs is 3. The van der Waals surface area contributed by atoms with Crippen molar-refractivity contribution in [3.8, 4) is 11.1 Å². The molecule has 0 saturated carbocycles. The molecule has 0 bridgehead atoms. The minimum Gasteiger partial charge on any atom is -0.448 e. The van der Waals surface area contributed by atoms with Crippen LogP contribution < -0.4 is 0 Å². The molecular weight excluding hydrogens is 359 g/mol. The number of carbonyl (C=O) groups is 1. The topological polar surface area (TPSA) is 49.8 Å². The third-order valence-corrected chi connectivity index (χ3v) is 5.23. The molecule has 2 aromatic rings. The van der Waals surface area contributed by atoms with Crippen LogP contribution in [0.1, 0.15) is 23.5 Å². The van der Waals surface area contributed by atoms with Crippen LogP contribution in [0.5, 0.6) is 0 Å². The van der Waals surface area contributed by atoms with E-state index in [1.807, 2.05) is 48.5 Å². The van der Waals surface area contributed by atoms with Crippen molar-refractivity contribution in [3.05, 3.63) is 59.7 Å². The van der Waals surface area contributed by atoms with Gasteiger partial charge >= 0.3 is 12.3 Å². The van der Waals surface area contributed by atoms with Gasteiger partial charge in [0.05, 0.1) is 12.6 Å². The molecule has 4 nitrogen and oxygen atoms in total. The fourth-order valence-corrected chi connectivity index (χ4v) is 4.00. The number of nitrogens with zero attached hydrogens (tertiary/aromatic N) is 1. The van der Waals surface area contributed by atoms with Crippen molar-refractivity contribution < 1.29 is 27.8 Å². The maximum absolute atomic E-state index is 13.1.